The summed E-state index contributed by atoms with van der Waals surface area (Å²) < 4.78 is 15.1. The topological polar surface area (TPSA) is 68.5 Å². The molecule has 0 unspecified atom stereocenters. The molecule has 0 bridgehead atoms. The molecule has 1 aromatic rings. The van der Waals surface area contributed by atoms with E-state index in [9.17, 15) is 4.79 Å². The van der Waals surface area contributed by atoms with Crippen LogP contribution in [-0.4, -0.2) is 26.8 Å². The number of carbonyl (C=O) groups is 1. The Balaban J connectivity index is 3.12. The van der Waals surface area contributed by atoms with Crippen LogP contribution in [-0.2, 0) is 9.53 Å². The van der Waals surface area contributed by atoms with Gasteiger partial charge in [-0.1, -0.05) is 6.07 Å². The highest BCUT2D eigenvalue weighted by molar-refractivity contribution is 5.97. The van der Waals surface area contributed by atoms with Gasteiger partial charge in [0.05, 0.1) is 20.8 Å². The number of carbonyl (C=O) groups excluding carboxylic acids is 1. The van der Waals surface area contributed by atoms with Crippen LogP contribution in [0.3, 0.4) is 0 Å². The molecule has 0 amide bonds. The molecule has 19 heavy (non-hydrogen) atoms. The van der Waals surface area contributed by atoms with Gasteiger partial charge in [0.2, 0.25) is 0 Å². The fourth-order valence-corrected chi connectivity index (χ4v) is 1.46. The van der Waals surface area contributed by atoms with Crippen LogP contribution in [0.25, 0.3) is 6.08 Å². The lowest BCUT2D eigenvalue weighted by atomic mass is 10.1. The van der Waals surface area contributed by atoms with Crippen LogP contribution in [0.5, 0.6) is 11.5 Å². The van der Waals surface area contributed by atoms with Gasteiger partial charge in [-0.15, -0.1) is 0 Å². The van der Waals surface area contributed by atoms with Crippen LogP contribution >= 0.6 is 0 Å². The molecular weight excluding hydrogens is 246 g/mol. The summed E-state index contributed by atoms with van der Waals surface area (Å²) in [6, 6.07) is 6.93. The summed E-state index contributed by atoms with van der Waals surface area (Å²) in [6.07, 6.45) is 1.43. The van der Waals surface area contributed by atoms with Crippen molar-refractivity contribution in [1.29, 1.82) is 5.26 Å². The Morgan fingerprint density at radius 1 is 1.37 bits per heavy atom. The predicted octanol–water partition coefficient (Wildman–Crippen LogP) is 2.17. The van der Waals surface area contributed by atoms with E-state index in [-0.39, 0.29) is 5.57 Å². The van der Waals surface area contributed by atoms with Gasteiger partial charge in [0.1, 0.15) is 11.6 Å². The number of nitrogens with zero attached hydrogens (tertiary/aromatic N) is 1. The van der Waals surface area contributed by atoms with Gasteiger partial charge in [-0.2, -0.15) is 5.26 Å². The highest BCUT2D eigenvalue weighted by atomic mass is 16.5. The summed E-state index contributed by atoms with van der Waals surface area (Å²) in [5, 5.41) is 8.88. The number of ether oxygens (including phenoxy) is 3. The molecule has 0 aromatic heterocycles. The van der Waals surface area contributed by atoms with Gasteiger partial charge in [-0.3, -0.25) is 0 Å². The highest BCUT2D eigenvalue weighted by Crippen LogP contribution is 2.28. The van der Waals surface area contributed by atoms with E-state index in [0.717, 1.165) is 0 Å². The van der Waals surface area contributed by atoms with Crippen LogP contribution in [0.1, 0.15) is 12.5 Å². The largest absolute Gasteiger partial charge is 0.493 e. The van der Waals surface area contributed by atoms with Crippen LogP contribution in [0, 0.1) is 11.3 Å². The van der Waals surface area contributed by atoms with E-state index < -0.39 is 5.97 Å². The minimum atomic E-state index is -0.671. The number of nitriles is 1. The molecule has 0 saturated carbocycles. The van der Waals surface area contributed by atoms with Crippen LogP contribution in [0.4, 0.5) is 0 Å². The van der Waals surface area contributed by atoms with Crippen molar-refractivity contribution in [3.63, 3.8) is 0 Å². The number of benzene rings is 1. The maximum absolute atomic E-state index is 11.3. The molecule has 0 N–H and O–H groups in total. The second-order valence-electron chi connectivity index (χ2n) is 3.50. The maximum Gasteiger partial charge on any atom is 0.348 e. The average molecular weight is 261 g/mol. The second kappa shape index (κ2) is 7.07. The van der Waals surface area contributed by atoms with Gasteiger partial charge in [0, 0.05) is 0 Å². The number of hydrogen-bond acceptors (Lipinski definition) is 5. The summed E-state index contributed by atoms with van der Waals surface area (Å²) in [4.78, 5) is 11.3. The van der Waals surface area contributed by atoms with Gasteiger partial charge in [0.15, 0.2) is 11.5 Å². The predicted molar refractivity (Wildman–Crippen MR) is 69.8 cm³/mol. The van der Waals surface area contributed by atoms with Crippen LogP contribution in [0.15, 0.2) is 23.8 Å². The monoisotopic (exact) mass is 261 g/mol. The molecule has 100 valence electrons. The van der Waals surface area contributed by atoms with Crippen molar-refractivity contribution in [1.82, 2.24) is 0 Å². The molecule has 5 heteroatoms. The zero-order chi connectivity index (χ0) is 14.3. The minimum absolute atomic E-state index is 0.0753. The molecule has 0 saturated heterocycles. The van der Waals surface area contributed by atoms with Crippen molar-refractivity contribution in [3.05, 3.63) is 29.3 Å². The van der Waals surface area contributed by atoms with Crippen molar-refractivity contribution >= 4 is 12.0 Å². The Morgan fingerprint density at radius 2 is 2.11 bits per heavy atom. The van der Waals surface area contributed by atoms with E-state index in [1.54, 1.807) is 24.3 Å². The quantitative estimate of drug-likeness (QED) is 0.461. The van der Waals surface area contributed by atoms with E-state index in [0.29, 0.717) is 23.7 Å². The van der Waals surface area contributed by atoms with Crippen molar-refractivity contribution in [2.45, 2.75) is 6.92 Å². The fraction of sp³-hybridized carbons (Fsp3) is 0.286. The smallest absolute Gasteiger partial charge is 0.348 e. The molecule has 1 rings (SSSR count). The lowest BCUT2D eigenvalue weighted by Crippen LogP contribution is -2.02. The van der Waals surface area contributed by atoms with Crippen molar-refractivity contribution in [2.75, 3.05) is 20.8 Å². The lowest BCUT2D eigenvalue weighted by molar-refractivity contribution is -0.135. The molecule has 5 nitrogen and oxygen atoms in total. The number of esters is 1. The molecule has 0 aliphatic carbocycles. The van der Waals surface area contributed by atoms with Gasteiger partial charge in [0.25, 0.3) is 0 Å². The first kappa shape index (κ1) is 14.6. The molecular formula is C14H15NO4. The molecule has 1 aromatic carbocycles. The zero-order valence-corrected chi connectivity index (χ0v) is 11.1. The Morgan fingerprint density at radius 3 is 2.63 bits per heavy atom. The van der Waals surface area contributed by atoms with E-state index in [1.165, 1.54) is 20.3 Å². The fourth-order valence-electron chi connectivity index (χ4n) is 1.46. The van der Waals surface area contributed by atoms with E-state index in [1.807, 2.05) is 6.92 Å². The normalized spacial score (nSPS) is 10.5. The van der Waals surface area contributed by atoms with Gasteiger partial charge < -0.3 is 14.2 Å². The Hall–Kier alpha value is -2.48. The molecule has 0 fully saturated rings. The van der Waals surface area contributed by atoms with Crippen molar-refractivity contribution in [2.24, 2.45) is 0 Å². The summed E-state index contributed by atoms with van der Waals surface area (Å²) in [5.74, 6) is 0.479. The van der Waals surface area contributed by atoms with E-state index >= 15 is 0 Å². The Kier molecular flexibility index (Phi) is 5.42. The van der Waals surface area contributed by atoms with Crippen LogP contribution < -0.4 is 9.47 Å². The van der Waals surface area contributed by atoms with Crippen molar-refractivity contribution < 1.29 is 19.0 Å². The zero-order valence-electron chi connectivity index (χ0n) is 11.1. The van der Waals surface area contributed by atoms with Crippen molar-refractivity contribution in [3.8, 4) is 17.6 Å². The average Bonchev–Trinajstić information content (AvgIpc) is 2.45. The van der Waals surface area contributed by atoms with E-state index in [4.69, 9.17) is 14.7 Å². The third-order valence-corrected chi connectivity index (χ3v) is 2.32. The molecule has 0 atom stereocenters. The third kappa shape index (κ3) is 3.75. The summed E-state index contributed by atoms with van der Waals surface area (Å²) in [5.41, 5.74) is 0.580. The van der Waals surface area contributed by atoms with Gasteiger partial charge in [-0.05, 0) is 30.7 Å². The molecule has 0 heterocycles. The number of methoxy groups -OCH3 is 2. The summed E-state index contributed by atoms with van der Waals surface area (Å²) in [6.45, 7) is 2.40. The molecule has 0 aliphatic rings. The summed E-state index contributed by atoms with van der Waals surface area (Å²) >= 11 is 0. The molecule has 0 radical (unpaired) electrons. The Labute approximate surface area is 112 Å². The van der Waals surface area contributed by atoms with E-state index in [2.05, 4.69) is 4.74 Å². The standard InChI is InChI=1S/C14H15NO4/c1-4-19-12-6-5-10(8-13(12)17-2)7-11(9-15)14(16)18-3/h5-8H,4H2,1-3H3/b11-7+. The minimum Gasteiger partial charge on any atom is -0.493 e. The first-order valence-electron chi connectivity index (χ1n) is 5.67. The Bertz CT molecular complexity index is 529. The van der Waals surface area contributed by atoms with Gasteiger partial charge in [-0.25, -0.2) is 4.79 Å². The molecule has 0 aliphatic heterocycles. The SMILES string of the molecule is CCOc1ccc(/C=C(\C#N)C(=O)OC)cc1OC. The van der Waals surface area contributed by atoms with Gasteiger partial charge >= 0.3 is 5.97 Å². The highest BCUT2D eigenvalue weighted by Gasteiger charge is 2.10. The first-order valence-corrected chi connectivity index (χ1v) is 5.67. The summed E-state index contributed by atoms with van der Waals surface area (Å²) in [7, 11) is 2.75. The maximum atomic E-state index is 11.3. The second-order valence-corrected chi connectivity index (χ2v) is 3.50. The number of hydrogen-bond donors (Lipinski definition) is 0. The third-order valence-electron chi connectivity index (χ3n) is 2.32. The van der Waals surface area contributed by atoms with Crippen LogP contribution in [0.2, 0.25) is 0 Å². The lowest BCUT2D eigenvalue weighted by Gasteiger charge is -2.09. The number of rotatable bonds is 5. The first-order chi connectivity index (χ1) is 9.15. The molecule has 0 spiro atoms.